The molecule has 4 bridgehead atoms. The maximum atomic E-state index is 14.4. The van der Waals surface area contributed by atoms with Gasteiger partial charge in [-0.05, 0) is 101 Å². The molecule has 6 heterocycles. The monoisotopic (exact) mass is 729 g/mol. The minimum Gasteiger partial charge on any atom is -0.494 e. The van der Waals surface area contributed by atoms with E-state index in [1.807, 2.05) is 61.0 Å². The Morgan fingerprint density at radius 1 is 0.963 bits per heavy atom. The average Bonchev–Trinajstić information content (AvgIpc) is 3.96. The molecule has 9 rings (SSSR count). The molecular weight excluding hydrogens is 683 g/mol. The number of ether oxygens (including phenoxy) is 2. The first kappa shape index (κ1) is 34.4. The number of para-hydroxylation sites is 1. The van der Waals surface area contributed by atoms with Gasteiger partial charge in [0.1, 0.15) is 22.5 Å². The van der Waals surface area contributed by atoms with Gasteiger partial charge in [0.25, 0.3) is 5.91 Å². The first-order valence-corrected chi connectivity index (χ1v) is 19.3. The van der Waals surface area contributed by atoms with E-state index in [0.29, 0.717) is 42.9 Å². The average molecular weight is 730 g/mol. The molecule has 54 heavy (non-hydrogen) atoms. The van der Waals surface area contributed by atoms with Crippen molar-refractivity contribution in [3.63, 3.8) is 0 Å². The van der Waals surface area contributed by atoms with E-state index in [4.69, 9.17) is 19.4 Å². The molecule has 2 aromatic carbocycles. The molecule has 3 aromatic heterocycles. The van der Waals surface area contributed by atoms with Crippen molar-refractivity contribution < 1.29 is 23.9 Å². The zero-order valence-electron chi connectivity index (χ0n) is 31.4. The van der Waals surface area contributed by atoms with E-state index in [9.17, 15) is 14.4 Å². The summed E-state index contributed by atoms with van der Waals surface area (Å²) in [7, 11) is 1.63. The summed E-state index contributed by atoms with van der Waals surface area (Å²) in [5.74, 6) is 1.52. The quantitative estimate of drug-likeness (QED) is 0.223. The molecule has 5 aromatic rings. The lowest BCUT2D eigenvalue weighted by atomic mass is 10.0. The van der Waals surface area contributed by atoms with Crippen LogP contribution in [-0.2, 0) is 29.0 Å². The SMILES string of the molecule is COc1cc(C(=O)N2C[C@H]3CC[C@@H]2[C@@H]3NC(=O)OC(C)(C)C)cc2nc3n(c12)CC1CC(=O)N(C1)c1ccccc1CCCCn1c-3cc2cccnc21. The van der Waals surface area contributed by atoms with E-state index >= 15 is 0 Å². The van der Waals surface area contributed by atoms with E-state index in [0.717, 1.165) is 72.4 Å². The smallest absolute Gasteiger partial charge is 0.407 e. The summed E-state index contributed by atoms with van der Waals surface area (Å²) in [6.45, 7) is 8.00. The Labute approximate surface area is 314 Å². The first-order valence-electron chi connectivity index (χ1n) is 19.3. The molecule has 280 valence electrons. The number of fused-ring (bicyclic) bond motifs is 13. The second kappa shape index (κ2) is 13.2. The van der Waals surface area contributed by atoms with Crippen molar-refractivity contribution >= 4 is 45.7 Å². The summed E-state index contributed by atoms with van der Waals surface area (Å²) in [5.41, 5.74) is 5.38. The summed E-state index contributed by atoms with van der Waals surface area (Å²) in [6, 6.07) is 17.9. The molecule has 2 saturated heterocycles. The molecule has 1 N–H and O–H groups in total. The summed E-state index contributed by atoms with van der Waals surface area (Å²) in [6.07, 6.45) is 6.32. The zero-order chi connectivity index (χ0) is 37.3. The highest BCUT2D eigenvalue weighted by Crippen LogP contribution is 2.41. The summed E-state index contributed by atoms with van der Waals surface area (Å²) >= 11 is 0. The van der Waals surface area contributed by atoms with E-state index in [1.54, 1.807) is 7.11 Å². The van der Waals surface area contributed by atoms with Crippen LogP contribution in [0.3, 0.4) is 0 Å². The minimum absolute atomic E-state index is 0.0289. The Kier molecular flexibility index (Phi) is 8.39. The van der Waals surface area contributed by atoms with Crippen molar-refractivity contribution in [2.75, 3.05) is 25.1 Å². The van der Waals surface area contributed by atoms with Crippen molar-refractivity contribution in [3.8, 4) is 17.3 Å². The standard InChI is InChI=1S/C42H47N7O5/c1-42(2,3)54-41(52)45-36-28-14-15-32(36)48(24-28)40(51)29-19-30-37(34(21-29)53-4)49-23-25-18-35(50)47(22-25)31-13-6-5-10-26(31)11-7-8-17-46-33(39(49)44-30)20-27-12-9-16-43-38(27)46/h5-6,9-10,12-13,16,19-21,25,28,32,36H,7-8,11,14-15,17-18,22-24H2,1-4H3,(H,45,52)/t25?,28-,32-,36-/m1/s1. The number of carbonyl (C=O) groups is 3. The van der Waals surface area contributed by atoms with Crippen LogP contribution in [0.2, 0.25) is 0 Å². The van der Waals surface area contributed by atoms with Gasteiger partial charge in [-0.15, -0.1) is 0 Å². The van der Waals surface area contributed by atoms with E-state index in [-0.39, 0.29) is 35.7 Å². The Bertz CT molecular complexity index is 2300. The number of aromatic nitrogens is 4. The van der Waals surface area contributed by atoms with E-state index in [2.05, 4.69) is 44.8 Å². The first-order chi connectivity index (χ1) is 26.1. The van der Waals surface area contributed by atoms with Gasteiger partial charge >= 0.3 is 6.09 Å². The van der Waals surface area contributed by atoms with E-state index < -0.39 is 11.7 Å². The van der Waals surface area contributed by atoms with Crippen molar-refractivity contribution in [1.29, 1.82) is 0 Å². The number of pyridine rings is 1. The predicted molar refractivity (Wildman–Crippen MR) is 206 cm³/mol. The molecule has 4 aliphatic rings. The fourth-order valence-electron chi connectivity index (χ4n) is 9.40. The third-order valence-corrected chi connectivity index (χ3v) is 11.7. The summed E-state index contributed by atoms with van der Waals surface area (Å²) < 4.78 is 16.1. The van der Waals surface area contributed by atoms with Crippen LogP contribution in [-0.4, -0.2) is 79.8 Å². The van der Waals surface area contributed by atoms with Crippen LogP contribution in [0.1, 0.15) is 68.8 Å². The summed E-state index contributed by atoms with van der Waals surface area (Å²) in [4.78, 5) is 54.8. The lowest BCUT2D eigenvalue weighted by molar-refractivity contribution is -0.117. The predicted octanol–water partition coefficient (Wildman–Crippen LogP) is 6.58. The molecule has 3 fully saturated rings. The van der Waals surface area contributed by atoms with Crippen LogP contribution >= 0.6 is 0 Å². The van der Waals surface area contributed by atoms with Crippen LogP contribution in [0.4, 0.5) is 10.5 Å². The Balaban J connectivity index is 1.12. The maximum absolute atomic E-state index is 14.4. The largest absolute Gasteiger partial charge is 0.494 e. The molecule has 4 atom stereocenters. The van der Waals surface area contributed by atoms with Gasteiger partial charge in [-0.2, -0.15) is 0 Å². The summed E-state index contributed by atoms with van der Waals surface area (Å²) in [5, 5.41) is 4.10. The molecule has 0 radical (unpaired) electrons. The van der Waals surface area contributed by atoms with Crippen molar-refractivity contribution in [3.05, 3.63) is 71.9 Å². The number of aryl methyl sites for hydroxylation is 2. The van der Waals surface area contributed by atoms with Crippen LogP contribution in [0, 0.1) is 11.8 Å². The highest BCUT2D eigenvalue weighted by atomic mass is 16.6. The number of hydrogen-bond donors (Lipinski definition) is 1. The topological polar surface area (TPSA) is 124 Å². The number of nitrogens with zero attached hydrogens (tertiary/aromatic N) is 6. The number of piperidine rings is 1. The fourth-order valence-corrected chi connectivity index (χ4v) is 9.40. The molecule has 0 spiro atoms. The van der Waals surface area contributed by atoms with Gasteiger partial charge in [-0.3, -0.25) is 9.59 Å². The van der Waals surface area contributed by atoms with Gasteiger partial charge in [-0.25, -0.2) is 14.8 Å². The van der Waals surface area contributed by atoms with Gasteiger partial charge in [0.05, 0.1) is 30.4 Å². The zero-order valence-corrected chi connectivity index (χ0v) is 31.4. The molecule has 12 nitrogen and oxygen atoms in total. The van der Waals surface area contributed by atoms with Crippen molar-refractivity contribution in [2.24, 2.45) is 11.8 Å². The number of likely N-dealkylation sites (tertiary alicyclic amines) is 1. The molecule has 3 aliphatic heterocycles. The van der Waals surface area contributed by atoms with Gasteiger partial charge in [0, 0.05) is 61.4 Å². The molecular formula is C42H47N7O5. The normalized spacial score (nSPS) is 22.6. The highest BCUT2D eigenvalue weighted by Gasteiger charge is 2.50. The Hall–Kier alpha value is -5.39. The third kappa shape index (κ3) is 5.95. The van der Waals surface area contributed by atoms with Crippen LogP contribution in [0.25, 0.3) is 33.6 Å². The fraction of sp³-hybridized carbons (Fsp3) is 0.452. The highest BCUT2D eigenvalue weighted by molar-refractivity contribution is 6.01. The van der Waals surface area contributed by atoms with E-state index in [1.165, 1.54) is 5.56 Å². The van der Waals surface area contributed by atoms with Gasteiger partial charge < -0.3 is 33.7 Å². The third-order valence-electron chi connectivity index (χ3n) is 11.7. The number of alkyl carbamates (subject to hydrolysis) is 1. The number of benzene rings is 2. The lowest BCUT2D eigenvalue weighted by Gasteiger charge is -2.28. The molecule has 3 amide bonds. The molecule has 1 aliphatic carbocycles. The maximum Gasteiger partial charge on any atom is 0.407 e. The van der Waals surface area contributed by atoms with Gasteiger partial charge in [0.2, 0.25) is 5.91 Å². The number of rotatable bonds is 3. The minimum atomic E-state index is -0.608. The number of hydrogen-bond acceptors (Lipinski definition) is 7. The number of carbonyl (C=O) groups excluding carboxylic acids is 3. The Morgan fingerprint density at radius 2 is 1.81 bits per heavy atom. The molecule has 12 heteroatoms. The molecule has 1 unspecified atom stereocenters. The second-order valence-electron chi connectivity index (χ2n) is 16.4. The number of methoxy groups -OCH3 is 1. The Morgan fingerprint density at radius 3 is 2.65 bits per heavy atom. The van der Waals surface area contributed by atoms with Crippen LogP contribution < -0.4 is 15.0 Å². The van der Waals surface area contributed by atoms with Crippen LogP contribution in [0.5, 0.6) is 5.75 Å². The number of nitrogens with one attached hydrogen (secondary N) is 1. The van der Waals surface area contributed by atoms with Gasteiger partial charge in [0.15, 0.2) is 5.82 Å². The number of imidazole rings is 1. The van der Waals surface area contributed by atoms with Gasteiger partial charge in [-0.1, -0.05) is 18.2 Å². The molecule has 1 saturated carbocycles. The van der Waals surface area contributed by atoms with Crippen LogP contribution in [0.15, 0.2) is 60.8 Å². The second-order valence-corrected chi connectivity index (χ2v) is 16.4. The number of amides is 3. The lowest BCUT2D eigenvalue weighted by Crippen LogP contribution is -2.46. The van der Waals surface area contributed by atoms with Crippen molar-refractivity contribution in [2.45, 2.75) is 90.1 Å². The number of anilines is 1. The van der Waals surface area contributed by atoms with Crippen molar-refractivity contribution in [1.82, 2.24) is 29.3 Å².